The first-order valence-electron chi connectivity index (χ1n) is 9.83. The van der Waals surface area contributed by atoms with Crippen LogP contribution >= 0.6 is 11.6 Å². The molecule has 5 nitrogen and oxygen atoms in total. The van der Waals surface area contributed by atoms with Crippen LogP contribution in [0.5, 0.6) is 0 Å². The van der Waals surface area contributed by atoms with Crippen LogP contribution in [-0.2, 0) is 16.0 Å². The molecule has 0 aromatic heterocycles. The SMILES string of the molecule is Cc1ccc(N2C(=O)NC(=O)/C(=C\c3ccc(Cc4ccccc4F)cc3)C2=O)cc1Cl. The molecule has 3 aromatic rings. The minimum Gasteiger partial charge on any atom is -0.273 e. The van der Waals surface area contributed by atoms with Crippen LogP contribution in [0.1, 0.15) is 22.3 Å². The lowest BCUT2D eigenvalue weighted by atomic mass is 10.0. The first kappa shape index (κ1) is 21.5. The fourth-order valence-electron chi connectivity index (χ4n) is 3.37. The Morgan fingerprint density at radius 1 is 1.00 bits per heavy atom. The molecule has 7 heteroatoms. The largest absolute Gasteiger partial charge is 0.335 e. The predicted octanol–water partition coefficient (Wildman–Crippen LogP) is 5.04. The highest BCUT2D eigenvalue weighted by molar-refractivity contribution is 6.39. The maximum atomic E-state index is 13.9. The van der Waals surface area contributed by atoms with Crippen molar-refractivity contribution in [2.75, 3.05) is 4.90 Å². The third kappa shape index (κ3) is 4.31. The number of nitrogens with one attached hydrogen (secondary N) is 1. The van der Waals surface area contributed by atoms with E-state index in [4.69, 9.17) is 11.6 Å². The van der Waals surface area contributed by atoms with Crippen LogP contribution in [0.3, 0.4) is 0 Å². The fraction of sp³-hybridized carbons (Fsp3) is 0.0800. The van der Waals surface area contributed by atoms with Gasteiger partial charge < -0.3 is 0 Å². The number of aryl methyl sites for hydroxylation is 1. The molecule has 1 saturated heterocycles. The molecule has 0 spiro atoms. The summed E-state index contributed by atoms with van der Waals surface area (Å²) in [6.07, 6.45) is 1.83. The van der Waals surface area contributed by atoms with Gasteiger partial charge in [0.05, 0.1) is 5.69 Å². The molecular weight excluding hydrogens is 431 g/mol. The molecule has 0 unspecified atom stereocenters. The summed E-state index contributed by atoms with van der Waals surface area (Å²) in [6, 6.07) is 17.5. The molecule has 3 aromatic carbocycles. The predicted molar refractivity (Wildman–Crippen MR) is 121 cm³/mol. The van der Waals surface area contributed by atoms with E-state index >= 15 is 0 Å². The van der Waals surface area contributed by atoms with Crippen molar-refractivity contribution in [1.82, 2.24) is 5.32 Å². The Kier molecular flexibility index (Phi) is 5.88. The van der Waals surface area contributed by atoms with Gasteiger partial charge in [-0.15, -0.1) is 0 Å². The van der Waals surface area contributed by atoms with Gasteiger partial charge in [-0.05, 0) is 53.5 Å². The molecule has 0 bridgehead atoms. The number of hydrogen-bond acceptors (Lipinski definition) is 3. The number of nitrogens with zero attached hydrogens (tertiary/aromatic N) is 1. The van der Waals surface area contributed by atoms with Crippen LogP contribution in [0.2, 0.25) is 5.02 Å². The van der Waals surface area contributed by atoms with Crippen molar-refractivity contribution in [3.05, 3.63) is 105 Å². The number of hydrogen-bond donors (Lipinski definition) is 1. The highest BCUT2D eigenvalue weighted by Gasteiger charge is 2.36. The van der Waals surface area contributed by atoms with Crippen LogP contribution in [-0.4, -0.2) is 17.8 Å². The Morgan fingerprint density at radius 2 is 1.72 bits per heavy atom. The van der Waals surface area contributed by atoms with Crippen LogP contribution in [0.25, 0.3) is 6.08 Å². The van der Waals surface area contributed by atoms with Gasteiger partial charge in [0.1, 0.15) is 11.4 Å². The molecule has 0 atom stereocenters. The van der Waals surface area contributed by atoms with Gasteiger partial charge in [0.2, 0.25) is 0 Å². The molecule has 1 N–H and O–H groups in total. The second-order valence-electron chi connectivity index (χ2n) is 7.40. The number of carbonyl (C=O) groups is 3. The van der Waals surface area contributed by atoms with E-state index in [0.717, 1.165) is 16.0 Å². The quantitative estimate of drug-likeness (QED) is 0.449. The van der Waals surface area contributed by atoms with Gasteiger partial charge >= 0.3 is 6.03 Å². The van der Waals surface area contributed by atoms with Crippen LogP contribution in [0, 0.1) is 12.7 Å². The second-order valence-corrected chi connectivity index (χ2v) is 7.81. The summed E-state index contributed by atoms with van der Waals surface area (Å²) in [5.74, 6) is -1.79. The average molecular weight is 449 g/mol. The molecule has 160 valence electrons. The van der Waals surface area contributed by atoms with Crippen molar-refractivity contribution in [3.8, 4) is 0 Å². The summed E-state index contributed by atoms with van der Waals surface area (Å²) in [5.41, 5.74) is 2.93. The highest BCUT2D eigenvalue weighted by Crippen LogP contribution is 2.27. The molecule has 1 aliphatic rings. The van der Waals surface area contributed by atoms with Crippen LogP contribution < -0.4 is 10.2 Å². The van der Waals surface area contributed by atoms with E-state index in [1.54, 1.807) is 61.5 Å². The van der Waals surface area contributed by atoms with Gasteiger partial charge in [0, 0.05) is 11.4 Å². The minimum atomic E-state index is -0.836. The summed E-state index contributed by atoms with van der Waals surface area (Å²) < 4.78 is 13.9. The zero-order valence-corrected chi connectivity index (χ0v) is 17.8. The number of halogens is 2. The van der Waals surface area contributed by atoms with Gasteiger partial charge in [-0.3, -0.25) is 14.9 Å². The van der Waals surface area contributed by atoms with E-state index in [2.05, 4.69) is 5.32 Å². The number of imide groups is 2. The van der Waals surface area contributed by atoms with E-state index in [0.29, 0.717) is 22.6 Å². The summed E-state index contributed by atoms with van der Waals surface area (Å²) in [7, 11) is 0. The van der Waals surface area contributed by atoms with Gasteiger partial charge in [-0.2, -0.15) is 0 Å². The molecule has 0 aliphatic carbocycles. The lowest BCUT2D eigenvalue weighted by Crippen LogP contribution is -2.54. The van der Waals surface area contributed by atoms with Crippen molar-refractivity contribution < 1.29 is 18.8 Å². The van der Waals surface area contributed by atoms with Crippen molar-refractivity contribution in [2.24, 2.45) is 0 Å². The van der Waals surface area contributed by atoms with Crippen molar-refractivity contribution in [2.45, 2.75) is 13.3 Å². The summed E-state index contributed by atoms with van der Waals surface area (Å²) in [4.78, 5) is 38.5. The zero-order valence-electron chi connectivity index (χ0n) is 17.1. The highest BCUT2D eigenvalue weighted by atomic mass is 35.5. The lowest BCUT2D eigenvalue weighted by molar-refractivity contribution is -0.122. The summed E-state index contributed by atoms with van der Waals surface area (Å²) in [5, 5.41) is 2.59. The van der Waals surface area contributed by atoms with Gasteiger partial charge in [-0.25, -0.2) is 14.1 Å². The van der Waals surface area contributed by atoms with Gasteiger partial charge in [0.15, 0.2) is 0 Å². The maximum Gasteiger partial charge on any atom is 0.335 e. The smallest absolute Gasteiger partial charge is 0.273 e. The number of anilines is 1. The van der Waals surface area contributed by atoms with E-state index in [1.807, 2.05) is 0 Å². The molecular formula is C25H18ClFN2O3. The molecule has 4 rings (SSSR count). The number of rotatable bonds is 4. The Labute approximate surface area is 189 Å². The molecule has 1 fully saturated rings. The maximum absolute atomic E-state index is 13.9. The normalized spacial score (nSPS) is 15.3. The molecule has 0 saturated carbocycles. The third-order valence-electron chi connectivity index (χ3n) is 5.16. The topological polar surface area (TPSA) is 66.5 Å². The summed E-state index contributed by atoms with van der Waals surface area (Å²) in [6.45, 7) is 1.80. The number of benzene rings is 3. The Morgan fingerprint density at radius 3 is 2.41 bits per heavy atom. The minimum absolute atomic E-state index is 0.178. The standard InChI is InChI=1S/C25H18ClFN2O3/c1-15-6-11-19(14-21(15)26)29-24(31)20(23(30)28-25(29)32)13-17-9-7-16(8-10-17)12-18-4-2-3-5-22(18)27/h2-11,13-14H,12H2,1H3,(H,28,30,32)/b20-13+. The Balaban J connectivity index is 1.60. The van der Waals surface area contributed by atoms with Crippen molar-refractivity contribution >= 4 is 41.2 Å². The molecule has 1 heterocycles. The Bertz CT molecular complexity index is 1270. The van der Waals surface area contributed by atoms with Crippen molar-refractivity contribution in [1.29, 1.82) is 0 Å². The number of amides is 4. The average Bonchev–Trinajstić information content (AvgIpc) is 2.76. The molecule has 0 radical (unpaired) electrons. The van der Waals surface area contributed by atoms with E-state index in [1.165, 1.54) is 18.2 Å². The lowest BCUT2D eigenvalue weighted by Gasteiger charge is -2.26. The number of carbonyl (C=O) groups excluding carboxylic acids is 3. The first-order chi connectivity index (χ1) is 15.3. The summed E-state index contributed by atoms with van der Waals surface area (Å²) >= 11 is 6.13. The third-order valence-corrected chi connectivity index (χ3v) is 5.57. The number of barbiturate groups is 1. The van der Waals surface area contributed by atoms with Crippen LogP contribution in [0.15, 0.2) is 72.3 Å². The fourth-order valence-corrected chi connectivity index (χ4v) is 3.55. The van der Waals surface area contributed by atoms with E-state index in [9.17, 15) is 18.8 Å². The molecule has 32 heavy (non-hydrogen) atoms. The molecule has 1 aliphatic heterocycles. The second kappa shape index (κ2) is 8.77. The van der Waals surface area contributed by atoms with Gasteiger partial charge in [0.25, 0.3) is 11.8 Å². The number of urea groups is 1. The van der Waals surface area contributed by atoms with E-state index in [-0.39, 0.29) is 17.1 Å². The first-order valence-corrected chi connectivity index (χ1v) is 10.2. The zero-order chi connectivity index (χ0) is 22.8. The van der Waals surface area contributed by atoms with Crippen molar-refractivity contribution in [3.63, 3.8) is 0 Å². The monoisotopic (exact) mass is 448 g/mol. The van der Waals surface area contributed by atoms with Crippen LogP contribution in [0.4, 0.5) is 14.9 Å². The van der Waals surface area contributed by atoms with Gasteiger partial charge in [-0.1, -0.05) is 60.1 Å². The Hall–Kier alpha value is -3.77. The molecule has 4 amide bonds. The van der Waals surface area contributed by atoms with E-state index < -0.39 is 17.8 Å².